The number of rotatable bonds is 4. The van der Waals surface area contributed by atoms with E-state index in [2.05, 4.69) is 10.3 Å². The van der Waals surface area contributed by atoms with Crippen LogP contribution in [0.2, 0.25) is 0 Å². The quantitative estimate of drug-likeness (QED) is 0.666. The molecule has 110 valence electrons. The Bertz CT molecular complexity index is 674. The Hall–Kier alpha value is -2.21. The maximum atomic E-state index is 11.0. The van der Waals surface area contributed by atoms with E-state index in [-0.39, 0.29) is 11.8 Å². The van der Waals surface area contributed by atoms with Crippen LogP contribution >= 0.6 is 0 Å². The van der Waals surface area contributed by atoms with Crippen molar-refractivity contribution in [3.8, 4) is 0 Å². The first-order valence-corrected chi connectivity index (χ1v) is 7.09. The SMILES string of the molecule is O=[N+]([O-])c1ccc(NCC2CCC(O)C2)c2cccnc12. The van der Waals surface area contributed by atoms with Crippen LogP contribution in [0.5, 0.6) is 0 Å². The van der Waals surface area contributed by atoms with Crippen molar-refractivity contribution >= 4 is 22.3 Å². The highest BCUT2D eigenvalue weighted by Gasteiger charge is 2.23. The number of fused-ring (bicyclic) bond motifs is 1. The summed E-state index contributed by atoms with van der Waals surface area (Å²) < 4.78 is 0. The highest BCUT2D eigenvalue weighted by atomic mass is 16.6. The Morgan fingerprint density at radius 1 is 1.38 bits per heavy atom. The molecule has 21 heavy (non-hydrogen) atoms. The van der Waals surface area contributed by atoms with Gasteiger partial charge in [0.15, 0.2) is 0 Å². The van der Waals surface area contributed by atoms with Crippen molar-refractivity contribution < 1.29 is 10.0 Å². The Morgan fingerprint density at radius 3 is 2.95 bits per heavy atom. The monoisotopic (exact) mass is 287 g/mol. The summed E-state index contributed by atoms with van der Waals surface area (Å²) in [5.74, 6) is 0.446. The Kier molecular flexibility index (Phi) is 3.70. The number of nitrogens with one attached hydrogen (secondary N) is 1. The van der Waals surface area contributed by atoms with Crippen LogP contribution in [0.4, 0.5) is 11.4 Å². The molecule has 1 fully saturated rings. The highest BCUT2D eigenvalue weighted by molar-refractivity contribution is 5.96. The fraction of sp³-hybridized carbons (Fsp3) is 0.400. The van der Waals surface area contributed by atoms with Gasteiger partial charge in [0.2, 0.25) is 0 Å². The van der Waals surface area contributed by atoms with Gasteiger partial charge in [0.05, 0.1) is 11.0 Å². The van der Waals surface area contributed by atoms with Gasteiger partial charge in [-0.25, -0.2) is 4.98 Å². The van der Waals surface area contributed by atoms with Crippen molar-refractivity contribution in [2.75, 3.05) is 11.9 Å². The summed E-state index contributed by atoms with van der Waals surface area (Å²) in [4.78, 5) is 14.8. The molecule has 2 atom stereocenters. The van der Waals surface area contributed by atoms with Crippen molar-refractivity contribution in [2.45, 2.75) is 25.4 Å². The smallest absolute Gasteiger partial charge is 0.295 e. The average molecular weight is 287 g/mol. The van der Waals surface area contributed by atoms with Gasteiger partial charge in [-0.1, -0.05) is 0 Å². The lowest BCUT2D eigenvalue weighted by Crippen LogP contribution is -2.12. The summed E-state index contributed by atoms with van der Waals surface area (Å²) >= 11 is 0. The lowest BCUT2D eigenvalue weighted by molar-refractivity contribution is -0.383. The molecule has 1 heterocycles. The molecule has 1 aromatic carbocycles. The molecule has 3 rings (SSSR count). The van der Waals surface area contributed by atoms with Crippen LogP contribution in [0.25, 0.3) is 10.9 Å². The molecule has 2 aromatic rings. The Labute approximate surface area is 122 Å². The van der Waals surface area contributed by atoms with E-state index < -0.39 is 4.92 Å². The number of aliphatic hydroxyl groups excluding tert-OH is 1. The average Bonchev–Trinajstić information content (AvgIpc) is 2.90. The van der Waals surface area contributed by atoms with Gasteiger partial charge in [-0.15, -0.1) is 0 Å². The van der Waals surface area contributed by atoms with Crippen molar-refractivity contribution in [3.05, 3.63) is 40.6 Å². The minimum Gasteiger partial charge on any atom is -0.393 e. The number of aromatic nitrogens is 1. The first kappa shape index (κ1) is 13.8. The molecule has 1 saturated carbocycles. The normalized spacial score (nSPS) is 21.6. The van der Waals surface area contributed by atoms with Gasteiger partial charge in [0.25, 0.3) is 5.69 Å². The number of nitro groups is 1. The number of hydrogen-bond donors (Lipinski definition) is 2. The summed E-state index contributed by atoms with van der Waals surface area (Å²) in [6.45, 7) is 0.763. The summed E-state index contributed by atoms with van der Waals surface area (Å²) in [5.41, 5.74) is 1.27. The van der Waals surface area contributed by atoms with Crippen LogP contribution in [0, 0.1) is 16.0 Å². The molecule has 2 unspecified atom stereocenters. The van der Waals surface area contributed by atoms with Crippen molar-refractivity contribution in [2.24, 2.45) is 5.92 Å². The van der Waals surface area contributed by atoms with Crippen molar-refractivity contribution in [1.82, 2.24) is 4.98 Å². The topological polar surface area (TPSA) is 88.3 Å². The number of aliphatic hydroxyl groups is 1. The molecule has 0 bridgehead atoms. The Balaban J connectivity index is 1.86. The second-order valence-electron chi connectivity index (χ2n) is 5.50. The van der Waals surface area contributed by atoms with E-state index in [4.69, 9.17) is 0 Å². The van der Waals surface area contributed by atoms with Gasteiger partial charge in [-0.05, 0) is 43.4 Å². The van der Waals surface area contributed by atoms with E-state index in [0.29, 0.717) is 11.4 Å². The number of hydrogen-bond acceptors (Lipinski definition) is 5. The van der Waals surface area contributed by atoms with Crippen molar-refractivity contribution in [3.63, 3.8) is 0 Å². The Morgan fingerprint density at radius 2 is 2.24 bits per heavy atom. The molecule has 0 spiro atoms. The van der Waals surface area contributed by atoms with E-state index in [1.54, 1.807) is 18.3 Å². The van der Waals surface area contributed by atoms with Crippen molar-refractivity contribution in [1.29, 1.82) is 0 Å². The van der Waals surface area contributed by atoms with E-state index in [1.807, 2.05) is 6.07 Å². The fourth-order valence-electron chi connectivity index (χ4n) is 2.95. The minimum absolute atomic E-state index is 0.0208. The van der Waals surface area contributed by atoms with Gasteiger partial charge >= 0.3 is 0 Å². The zero-order valence-electron chi connectivity index (χ0n) is 11.5. The minimum atomic E-state index is -0.410. The second kappa shape index (κ2) is 5.65. The first-order chi connectivity index (χ1) is 10.1. The van der Waals surface area contributed by atoms with E-state index in [9.17, 15) is 15.2 Å². The molecule has 6 heteroatoms. The van der Waals surface area contributed by atoms with Gasteiger partial charge in [0.1, 0.15) is 5.52 Å². The van der Waals surface area contributed by atoms with Gasteiger partial charge in [0, 0.05) is 29.9 Å². The molecule has 0 amide bonds. The molecule has 1 aliphatic rings. The molecule has 2 N–H and O–H groups in total. The summed E-state index contributed by atoms with van der Waals surface area (Å²) in [7, 11) is 0. The van der Waals surface area contributed by atoms with E-state index >= 15 is 0 Å². The number of benzene rings is 1. The maximum absolute atomic E-state index is 11.0. The molecule has 1 aliphatic carbocycles. The maximum Gasteiger partial charge on any atom is 0.295 e. The molecule has 0 saturated heterocycles. The standard InChI is InChI=1S/C15H17N3O3/c19-11-4-3-10(8-11)9-17-13-5-6-14(18(20)21)15-12(13)2-1-7-16-15/h1-2,5-7,10-11,17,19H,3-4,8-9H2. The first-order valence-electron chi connectivity index (χ1n) is 7.09. The molecule has 0 radical (unpaired) electrons. The van der Waals surface area contributed by atoms with E-state index in [1.165, 1.54) is 6.07 Å². The van der Waals surface area contributed by atoms with Crippen LogP contribution in [-0.2, 0) is 0 Å². The largest absolute Gasteiger partial charge is 0.393 e. The highest BCUT2D eigenvalue weighted by Crippen LogP contribution is 2.31. The zero-order valence-corrected chi connectivity index (χ0v) is 11.5. The number of nitro benzene ring substituents is 1. The van der Waals surface area contributed by atoms with Crippen LogP contribution in [0.3, 0.4) is 0 Å². The predicted molar refractivity (Wildman–Crippen MR) is 80.2 cm³/mol. The van der Waals surface area contributed by atoms with Crippen LogP contribution in [0.1, 0.15) is 19.3 Å². The lowest BCUT2D eigenvalue weighted by Gasteiger charge is -2.13. The third kappa shape index (κ3) is 2.80. The molecule has 1 aromatic heterocycles. The molecule has 0 aliphatic heterocycles. The fourth-order valence-corrected chi connectivity index (χ4v) is 2.95. The number of anilines is 1. The van der Waals surface area contributed by atoms with E-state index in [0.717, 1.165) is 36.9 Å². The van der Waals surface area contributed by atoms with Gasteiger partial charge < -0.3 is 10.4 Å². The second-order valence-corrected chi connectivity index (χ2v) is 5.50. The third-order valence-electron chi connectivity index (χ3n) is 4.04. The van der Waals surface area contributed by atoms with Crippen LogP contribution in [0.15, 0.2) is 30.5 Å². The summed E-state index contributed by atoms with van der Waals surface area (Å²) in [6, 6.07) is 6.83. The lowest BCUT2D eigenvalue weighted by atomic mass is 10.1. The predicted octanol–water partition coefficient (Wildman–Crippen LogP) is 2.72. The zero-order chi connectivity index (χ0) is 14.8. The van der Waals surface area contributed by atoms with Crippen LogP contribution < -0.4 is 5.32 Å². The number of pyridine rings is 1. The molecule has 6 nitrogen and oxygen atoms in total. The summed E-state index contributed by atoms with van der Waals surface area (Å²) in [6.07, 6.45) is 4.06. The number of nitrogens with zero attached hydrogens (tertiary/aromatic N) is 2. The van der Waals surface area contributed by atoms with Crippen LogP contribution in [-0.4, -0.2) is 27.7 Å². The molecular formula is C15H17N3O3. The third-order valence-corrected chi connectivity index (χ3v) is 4.04. The van der Waals surface area contributed by atoms with Gasteiger partial charge in [-0.3, -0.25) is 10.1 Å². The number of non-ortho nitro benzene ring substituents is 1. The van der Waals surface area contributed by atoms with Gasteiger partial charge in [-0.2, -0.15) is 0 Å². The molecular weight excluding hydrogens is 270 g/mol. The summed E-state index contributed by atoms with van der Waals surface area (Å²) in [5, 5.41) is 24.7.